The Morgan fingerprint density at radius 1 is 1.47 bits per heavy atom. The van der Waals surface area contributed by atoms with Gasteiger partial charge in [-0.1, -0.05) is 23.8 Å². The summed E-state index contributed by atoms with van der Waals surface area (Å²) in [4.78, 5) is 21.1. The third kappa shape index (κ3) is 3.39. The summed E-state index contributed by atoms with van der Waals surface area (Å²) in [6, 6.07) is 8.18. The molecule has 2 aromatic rings. The summed E-state index contributed by atoms with van der Waals surface area (Å²) in [5, 5.41) is 4.07. The molecule has 1 amide bonds. The molecule has 1 aromatic carbocycles. The predicted octanol–water partition coefficient (Wildman–Crippen LogP) is 2.68. The van der Waals surface area contributed by atoms with Crippen molar-refractivity contribution in [3.8, 4) is 10.6 Å². The zero-order valence-corrected chi connectivity index (χ0v) is 12.0. The van der Waals surface area contributed by atoms with Gasteiger partial charge in [0, 0.05) is 18.0 Å². The Bertz CT molecular complexity index is 580. The first-order chi connectivity index (χ1) is 9.10. The van der Waals surface area contributed by atoms with Crippen molar-refractivity contribution in [1.82, 2.24) is 10.0 Å². The summed E-state index contributed by atoms with van der Waals surface area (Å²) in [5.74, 6) is -0.108. The average molecular weight is 276 g/mol. The minimum Gasteiger partial charge on any atom is -0.275 e. The van der Waals surface area contributed by atoms with Crippen LogP contribution in [0.25, 0.3) is 10.6 Å². The lowest BCUT2D eigenvalue weighted by Gasteiger charge is -2.12. The van der Waals surface area contributed by atoms with Crippen molar-refractivity contribution in [2.45, 2.75) is 13.3 Å². The van der Waals surface area contributed by atoms with E-state index in [2.05, 4.69) is 24.0 Å². The van der Waals surface area contributed by atoms with E-state index in [-0.39, 0.29) is 12.3 Å². The molecule has 0 N–H and O–H groups in total. The molecule has 4 nitrogen and oxygen atoms in total. The molecule has 0 spiro atoms. The Morgan fingerprint density at radius 2 is 2.26 bits per heavy atom. The van der Waals surface area contributed by atoms with Crippen LogP contribution in [0.1, 0.15) is 11.3 Å². The van der Waals surface area contributed by atoms with E-state index in [0.29, 0.717) is 0 Å². The Hall–Kier alpha value is -1.72. The third-order valence-electron chi connectivity index (χ3n) is 2.77. The quantitative estimate of drug-likeness (QED) is 0.806. The van der Waals surface area contributed by atoms with Crippen LogP contribution in [0.4, 0.5) is 0 Å². The number of rotatable bonds is 4. The highest BCUT2D eigenvalue weighted by Crippen LogP contribution is 2.24. The number of aryl methyl sites for hydroxylation is 1. The number of nitrogens with zero attached hydrogens (tertiary/aromatic N) is 2. The second-order valence-corrected chi connectivity index (χ2v) is 5.12. The zero-order valence-electron chi connectivity index (χ0n) is 11.2. The van der Waals surface area contributed by atoms with Crippen molar-refractivity contribution in [1.29, 1.82) is 0 Å². The van der Waals surface area contributed by atoms with E-state index in [0.717, 1.165) is 16.3 Å². The van der Waals surface area contributed by atoms with Crippen LogP contribution in [-0.2, 0) is 16.1 Å². The Labute approximate surface area is 116 Å². The Kier molecular flexibility index (Phi) is 4.29. The summed E-state index contributed by atoms with van der Waals surface area (Å²) in [7, 11) is 3.06. The summed E-state index contributed by atoms with van der Waals surface area (Å²) in [5.41, 5.74) is 3.06. The van der Waals surface area contributed by atoms with Crippen LogP contribution in [0, 0.1) is 6.92 Å². The molecule has 0 radical (unpaired) electrons. The van der Waals surface area contributed by atoms with Crippen molar-refractivity contribution >= 4 is 17.2 Å². The van der Waals surface area contributed by atoms with Crippen molar-refractivity contribution in [2.75, 3.05) is 14.2 Å². The monoisotopic (exact) mass is 276 g/mol. The molecule has 0 aliphatic carbocycles. The first-order valence-corrected chi connectivity index (χ1v) is 6.80. The molecule has 19 heavy (non-hydrogen) atoms. The highest BCUT2D eigenvalue weighted by atomic mass is 32.1. The SMILES string of the molecule is CON(C)C(=O)Cc1csc(-c2cccc(C)c2)n1. The van der Waals surface area contributed by atoms with Gasteiger partial charge in [0.15, 0.2) is 0 Å². The summed E-state index contributed by atoms with van der Waals surface area (Å²) >= 11 is 1.55. The minimum atomic E-state index is -0.108. The van der Waals surface area contributed by atoms with E-state index in [9.17, 15) is 4.79 Å². The second kappa shape index (κ2) is 5.95. The number of aromatic nitrogens is 1. The fourth-order valence-electron chi connectivity index (χ4n) is 1.67. The van der Waals surface area contributed by atoms with Crippen LogP contribution in [0.2, 0.25) is 0 Å². The van der Waals surface area contributed by atoms with Gasteiger partial charge in [-0.2, -0.15) is 0 Å². The highest BCUT2D eigenvalue weighted by Gasteiger charge is 2.12. The van der Waals surface area contributed by atoms with E-state index in [1.165, 1.54) is 17.7 Å². The number of likely N-dealkylation sites (N-methyl/N-ethyl adjacent to an activating group) is 1. The molecule has 2 rings (SSSR count). The lowest BCUT2D eigenvalue weighted by molar-refractivity contribution is -0.167. The standard InChI is InChI=1S/C14H16N2O2S/c1-10-5-4-6-11(7-10)14-15-12(9-19-14)8-13(17)16(2)18-3/h4-7,9H,8H2,1-3H3. The van der Waals surface area contributed by atoms with E-state index >= 15 is 0 Å². The fourth-order valence-corrected chi connectivity index (χ4v) is 2.48. The lowest BCUT2D eigenvalue weighted by atomic mass is 10.1. The van der Waals surface area contributed by atoms with Crippen LogP contribution < -0.4 is 0 Å². The Morgan fingerprint density at radius 3 is 2.95 bits per heavy atom. The lowest BCUT2D eigenvalue weighted by Crippen LogP contribution is -2.27. The number of carbonyl (C=O) groups is 1. The van der Waals surface area contributed by atoms with E-state index in [1.807, 2.05) is 17.5 Å². The highest BCUT2D eigenvalue weighted by molar-refractivity contribution is 7.13. The molecule has 1 aromatic heterocycles. The van der Waals surface area contributed by atoms with Gasteiger partial charge in [-0.05, 0) is 13.0 Å². The maximum Gasteiger partial charge on any atom is 0.251 e. The number of carbonyl (C=O) groups excluding carboxylic acids is 1. The summed E-state index contributed by atoms with van der Waals surface area (Å²) in [6.45, 7) is 2.05. The van der Waals surface area contributed by atoms with Gasteiger partial charge in [-0.15, -0.1) is 11.3 Å². The third-order valence-corrected chi connectivity index (χ3v) is 3.71. The van der Waals surface area contributed by atoms with Gasteiger partial charge in [0.25, 0.3) is 5.91 Å². The minimum absolute atomic E-state index is 0.108. The van der Waals surface area contributed by atoms with Crippen molar-refractivity contribution in [2.24, 2.45) is 0 Å². The first kappa shape index (κ1) is 13.7. The Balaban J connectivity index is 2.13. The van der Waals surface area contributed by atoms with E-state index < -0.39 is 0 Å². The molecule has 1 heterocycles. The normalized spacial score (nSPS) is 10.5. The van der Waals surface area contributed by atoms with Gasteiger partial charge in [-0.25, -0.2) is 10.0 Å². The largest absolute Gasteiger partial charge is 0.275 e. The first-order valence-electron chi connectivity index (χ1n) is 5.92. The molecule has 0 unspecified atom stereocenters. The van der Waals surface area contributed by atoms with Crippen molar-refractivity contribution < 1.29 is 9.63 Å². The molecule has 0 saturated carbocycles. The summed E-state index contributed by atoms with van der Waals surface area (Å²) < 4.78 is 0. The number of thiazole rings is 1. The number of benzene rings is 1. The van der Waals surface area contributed by atoms with Gasteiger partial charge in [-0.3, -0.25) is 9.63 Å². The van der Waals surface area contributed by atoms with E-state index in [4.69, 9.17) is 4.84 Å². The number of hydrogen-bond donors (Lipinski definition) is 0. The maximum atomic E-state index is 11.7. The average Bonchev–Trinajstić information content (AvgIpc) is 2.86. The van der Waals surface area contributed by atoms with Gasteiger partial charge in [0.2, 0.25) is 0 Å². The van der Waals surface area contributed by atoms with Crippen molar-refractivity contribution in [3.63, 3.8) is 0 Å². The van der Waals surface area contributed by atoms with Crippen LogP contribution in [0.5, 0.6) is 0 Å². The molecule has 5 heteroatoms. The predicted molar refractivity (Wildman–Crippen MR) is 75.8 cm³/mol. The van der Waals surface area contributed by atoms with Crippen LogP contribution in [0.15, 0.2) is 29.6 Å². The second-order valence-electron chi connectivity index (χ2n) is 4.26. The molecule has 0 bridgehead atoms. The maximum absolute atomic E-state index is 11.7. The number of hydrogen-bond acceptors (Lipinski definition) is 4. The van der Waals surface area contributed by atoms with Crippen LogP contribution in [-0.4, -0.2) is 30.1 Å². The molecule has 0 aliphatic heterocycles. The van der Waals surface area contributed by atoms with Crippen LogP contribution in [0.3, 0.4) is 0 Å². The molecule has 0 saturated heterocycles. The molecular weight excluding hydrogens is 260 g/mol. The molecule has 0 fully saturated rings. The van der Waals surface area contributed by atoms with Gasteiger partial charge < -0.3 is 0 Å². The molecule has 0 atom stereocenters. The van der Waals surface area contributed by atoms with Crippen LogP contribution >= 0.6 is 11.3 Å². The molecule has 0 aliphatic rings. The fraction of sp³-hybridized carbons (Fsp3) is 0.286. The van der Waals surface area contributed by atoms with Gasteiger partial charge in [0.1, 0.15) is 5.01 Å². The topological polar surface area (TPSA) is 42.4 Å². The zero-order chi connectivity index (χ0) is 13.8. The van der Waals surface area contributed by atoms with E-state index in [1.54, 1.807) is 18.4 Å². The van der Waals surface area contributed by atoms with Gasteiger partial charge >= 0.3 is 0 Å². The van der Waals surface area contributed by atoms with Crippen molar-refractivity contribution in [3.05, 3.63) is 40.9 Å². The smallest absolute Gasteiger partial charge is 0.251 e. The number of amides is 1. The molecular formula is C14H16N2O2S. The molecule has 100 valence electrons. The van der Waals surface area contributed by atoms with Gasteiger partial charge in [0.05, 0.1) is 19.2 Å². The number of hydroxylamine groups is 2. The summed E-state index contributed by atoms with van der Waals surface area (Å²) in [6.07, 6.45) is 0.257.